The molecule has 12 heteroatoms. The Balaban J connectivity index is 1.57. The van der Waals surface area contributed by atoms with Crippen LogP contribution in [0.25, 0.3) is 6.08 Å². The predicted molar refractivity (Wildman–Crippen MR) is 142 cm³/mol. The van der Waals surface area contributed by atoms with Crippen molar-refractivity contribution in [3.63, 3.8) is 0 Å². The summed E-state index contributed by atoms with van der Waals surface area (Å²) in [5.41, 5.74) is 1.21. The number of allylic oxidation sites excluding steroid dienone is 1. The van der Waals surface area contributed by atoms with E-state index in [0.29, 0.717) is 5.56 Å². The molecule has 0 spiro atoms. The zero-order valence-corrected chi connectivity index (χ0v) is 22.5. The number of aliphatic hydroxyl groups excluding tert-OH is 4. The van der Waals surface area contributed by atoms with Crippen molar-refractivity contribution >= 4 is 18.0 Å². The highest BCUT2D eigenvalue weighted by atomic mass is 16.8. The molecule has 0 unspecified atom stereocenters. The van der Waals surface area contributed by atoms with Crippen LogP contribution in [0, 0.1) is 11.8 Å². The summed E-state index contributed by atoms with van der Waals surface area (Å²) >= 11 is 0. The number of hydrogen-bond acceptors (Lipinski definition) is 10. The maximum atomic E-state index is 12.1. The van der Waals surface area contributed by atoms with E-state index in [2.05, 4.69) is 6.58 Å². The van der Waals surface area contributed by atoms with Crippen molar-refractivity contribution in [2.45, 2.75) is 49.5 Å². The minimum Gasteiger partial charge on any atom is -0.545 e. The molecular weight excluding hydrogens is 550 g/mol. The Bertz CT molecular complexity index is 1310. The van der Waals surface area contributed by atoms with E-state index in [0.717, 1.165) is 11.8 Å². The van der Waals surface area contributed by atoms with Crippen molar-refractivity contribution in [3.05, 3.63) is 96.6 Å². The molecule has 1 aromatic heterocycles. The quantitative estimate of drug-likeness (QED) is 0.162. The van der Waals surface area contributed by atoms with Gasteiger partial charge in [-0.2, -0.15) is 4.57 Å². The molecule has 4 rings (SSSR count). The first-order chi connectivity index (χ1) is 20.1. The predicted octanol–water partition coefficient (Wildman–Crippen LogP) is -0.919. The first-order valence-electron chi connectivity index (χ1n) is 13.3. The van der Waals surface area contributed by atoms with Gasteiger partial charge in [0, 0.05) is 35.5 Å². The zero-order chi connectivity index (χ0) is 30.4. The first-order valence-corrected chi connectivity index (χ1v) is 13.3. The number of carbonyl (C=O) groups excluding carboxylic acids is 1. The van der Waals surface area contributed by atoms with Gasteiger partial charge >= 0.3 is 5.97 Å². The number of carboxylic acid groups (broad SMARTS) is 2. The SMILES string of the molecule is C=C[C@H]1[C@H](O[C@@H]2O[C@H](CO)[C@@H](O)[C@H](O)[C@H]2O)OC=C(C(=O)[O-])[C@H]1/C=C\c1ccc[n+]([C@H](Cc2ccccc2)C(=O)O)c1. The monoisotopic (exact) mass is 583 g/mol. The lowest BCUT2D eigenvalue weighted by molar-refractivity contribution is -0.710. The molecule has 2 aliphatic rings. The second kappa shape index (κ2) is 13.8. The highest BCUT2D eigenvalue weighted by Crippen LogP contribution is 2.35. The Hall–Kier alpha value is -3.91. The number of aromatic nitrogens is 1. The number of aliphatic hydroxyl groups is 4. The minimum atomic E-state index is -1.70. The normalized spacial score (nSPS) is 30.2. The average Bonchev–Trinajstić information content (AvgIpc) is 2.99. The van der Waals surface area contributed by atoms with Crippen molar-refractivity contribution in [2.24, 2.45) is 11.8 Å². The number of rotatable bonds is 11. The maximum Gasteiger partial charge on any atom is 0.373 e. The molecule has 0 bridgehead atoms. The standard InChI is InChI=1S/C30H33NO11/c1-2-19-20(11-10-18-9-6-12-31(14-18)22(28(38)39)13-17-7-4-3-5-8-17)21(27(36)37)16-40-29(19)42-30-26(35)25(34)24(33)23(15-32)41-30/h2-12,14,16,19-20,22-26,29-30,32-35H,1,13,15H2,(H-,36,37,38,39)/b11-10-/t19-,20+,22-,23-,24-,25+,26-,29+,30+/m1/s1. The molecule has 3 heterocycles. The maximum absolute atomic E-state index is 12.1. The number of nitrogens with zero attached hydrogens (tertiary/aromatic N) is 1. The lowest BCUT2D eigenvalue weighted by atomic mass is 9.83. The summed E-state index contributed by atoms with van der Waals surface area (Å²) in [5, 5.41) is 61.8. The van der Waals surface area contributed by atoms with Crippen LogP contribution < -0.4 is 9.67 Å². The van der Waals surface area contributed by atoms with E-state index in [4.69, 9.17) is 14.2 Å². The van der Waals surface area contributed by atoms with Gasteiger partial charge in [0.2, 0.25) is 6.29 Å². The van der Waals surface area contributed by atoms with E-state index in [-0.39, 0.29) is 12.0 Å². The highest BCUT2D eigenvalue weighted by molar-refractivity contribution is 5.86. The fraction of sp³-hybridized carbons (Fsp3) is 0.367. The zero-order valence-electron chi connectivity index (χ0n) is 22.5. The van der Waals surface area contributed by atoms with Crippen molar-refractivity contribution in [3.8, 4) is 0 Å². The van der Waals surface area contributed by atoms with Crippen LogP contribution in [0.2, 0.25) is 0 Å². The number of ether oxygens (including phenoxy) is 3. The van der Waals surface area contributed by atoms with Gasteiger partial charge in [-0.15, -0.1) is 6.58 Å². The third-order valence-electron chi connectivity index (χ3n) is 7.30. The molecule has 2 aromatic rings. The van der Waals surface area contributed by atoms with Crippen LogP contribution in [0.15, 0.2) is 85.4 Å². The Labute approximate surface area is 241 Å². The summed E-state index contributed by atoms with van der Waals surface area (Å²) < 4.78 is 18.2. The van der Waals surface area contributed by atoms with Gasteiger partial charge in [0.25, 0.3) is 6.04 Å². The summed E-state index contributed by atoms with van der Waals surface area (Å²) in [6.45, 7) is 3.10. The van der Waals surface area contributed by atoms with Crippen LogP contribution in [0.3, 0.4) is 0 Å². The van der Waals surface area contributed by atoms with E-state index >= 15 is 0 Å². The van der Waals surface area contributed by atoms with Gasteiger partial charge in [0.1, 0.15) is 24.4 Å². The van der Waals surface area contributed by atoms with Crippen LogP contribution in [0.4, 0.5) is 0 Å². The summed E-state index contributed by atoms with van der Waals surface area (Å²) in [5.74, 6) is -4.27. The van der Waals surface area contributed by atoms with E-state index in [1.165, 1.54) is 6.08 Å². The van der Waals surface area contributed by atoms with Crippen LogP contribution in [0.1, 0.15) is 17.2 Å². The Morgan fingerprint density at radius 2 is 1.81 bits per heavy atom. The fourth-order valence-electron chi connectivity index (χ4n) is 4.97. The number of benzene rings is 1. The fourth-order valence-corrected chi connectivity index (χ4v) is 4.97. The second-order valence-corrected chi connectivity index (χ2v) is 10.0. The highest BCUT2D eigenvalue weighted by Gasteiger charge is 2.46. The van der Waals surface area contributed by atoms with Crippen LogP contribution in [0.5, 0.6) is 0 Å². The molecule has 0 aliphatic carbocycles. The smallest absolute Gasteiger partial charge is 0.373 e. The van der Waals surface area contributed by atoms with E-state index in [1.54, 1.807) is 41.2 Å². The summed E-state index contributed by atoms with van der Waals surface area (Å²) in [4.78, 5) is 24.0. The summed E-state index contributed by atoms with van der Waals surface area (Å²) in [6.07, 6.45) is 0.0799. The molecule has 9 atom stereocenters. The summed E-state index contributed by atoms with van der Waals surface area (Å²) in [6, 6.07) is 11.7. The first kappa shape index (κ1) is 31.0. The topological polar surface area (TPSA) is 190 Å². The molecule has 0 amide bonds. The Kier molecular flexibility index (Phi) is 10.2. The molecule has 0 saturated carbocycles. The third-order valence-corrected chi connectivity index (χ3v) is 7.30. The number of hydrogen-bond donors (Lipinski definition) is 5. The molecule has 5 N–H and O–H groups in total. The van der Waals surface area contributed by atoms with Gasteiger partial charge in [-0.25, -0.2) is 4.79 Å². The number of pyridine rings is 1. The number of carboxylic acids is 2. The molecule has 0 radical (unpaired) electrons. The van der Waals surface area contributed by atoms with Gasteiger partial charge in [-0.1, -0.05) is 48.6 Å². The number of aliphatic carboxylic acids is 2. The molecule has 1 saturated heterocycles. The van der Waals surface area contributed by atoms with Crippen LogP contribution in [-0.2, 0) is 30.2 Å². The molecular formula is C30H33NO11. The molecule has 12 nitrogen and oxygen atoms in total. The molecule has 2 aliphatic heterocycles. The van der Waals surface area contributed by atoms with Gasteiger partial charge in [0.15, 0.2) is 18.7 Å². The molecule has 1 fully saturated rings. The largest absolute Gasteiger partial charge is 0.545 e. The lowest BCUT2D eigenvalue weighted by Gasteiger charge is -2.43. The van der Waals surface area contributed by atoms with E-state index in [1.807, 2.05) is 30.3 Å². The molecule has 42 heavy (non-hydrogen) atoms. The third kappa shape index (κ3) is 6.93. The molecule has 1 aromatic carbocycles. The van der Waals surface area contributed by atoms with Gasteiger partial charge < -0.3 is 49.6 Å². The van der Waals surface area contributed by atoms with Crippen molar-refractivity contribution in [1.29, 1.82) is 0 Å². The van der Waals surface area contributed by atoms with Gasteiger partial charge in [-0.3, -0.25) is 0 Å². The van der Waals surface area contributed by atoms with Gasteiger partial charge in [-0.05, 0) is 11.6 Å². The average molecular weight is 584 g/mol. The Morgan fingerprint density at radius 1 is 1.07 bits per heavy atom. The van der Waals surface area contributed by atoms with E-state index in [9.17, 15) is 40.2 Å². The van der Waals surface area contributed by atoms with Crippen molar-refractivity contribution in [1.82, 2.24) is 0 Å². The minimum absolute atomic E-state index is 0.221. The lowest BCUT2D eigenvalue weighted by Crippen LogP contribution is -2.60. The number of carbonyl (C=O) groups is 2. The van der Waals surface area contributed by atoms with Crippen molar-refractivity contribution < 1.29 is 59.0 Å². The van der Waals surface area contributed by atoms with Crippen LogP contribution in [-0.4, -0.2) is 81.1 Å². The Morgan fingerprint density at radius 3 is 2.45 bits per heavy atom. The summed E-state index contributed by atoms with van der Waals surface area (Å²) in [7, 11) is 0. The van der Waals surface area contributed by atoms with Crippen LogP contribution >= 0.6 is 0 Å². The molecule has 224 valence electrons. The second-order valence-electron chi connectivity index (χ2n) is 10.0. The van der Waals surface area contributed by atoms with E-state index < -0.39 is 73.4 Å². The van der Waals surface area contributed by atoms with Gasteiger partial charge in [0.05, 0.1) is 18.8 Å². The van der Waals surface area contributed by atoms with Crippen molar-refractivity contribution in [2.75, 3.05) is 6.61 Å².